The lowest BCUT2D eigenvalue weighted by Crippen LogP contribution is -2.44. The molecule has 0 atom stereocenters. The van der Waals surface area contributed by atoms with Gasteiger partial charge in [0.2, 0.25) is 0 Å². The van der Waals surface area contributed by atoms with Crippen LogP contribution < -0.4 is 14.9 Å². The van der Waals surface area contributed by atoms with E-state index in [1.165, 1.54) is 12.4 Å². The van der Waals surface area contributed by atoms with E-state index >= 15 is 0 Å². The number of carboxylic acids is 1. The summed E-state index contributed by atoms with van der Waals surface area (Å²) in [4.78, 5) is 40.0. The van der Waals surface area contributed by atoms with Crippen LogP contribution in [0.1, 0.15) is 29.3 Å². The predicted octanol–water partition coefficient (Wildman–Crippen LogP) is 2.88. The molecule has 0 bridgehead atoms. The van der Waals surface area contributed by atoms with E-state index in [9.17, 15) is 14.4 Å². The Morgan fingerprint density at radius 2 is 2.09 bits per heavy atom. The summed E-state index contributed by atoms with van der Waals surface area (Å²) in [7, 11) is 0. The summed E-state index contributed by atoms with van der Waals surface area (Å²) in [6, 6.07) is 8.22. The van der Waals surface area contributed by atoms with Crippen molar-refractivity contribution in [1.29, 1.82) is 0 Å². The Morgan fingerprint density at radius 1 is 1.28 bits per heavy atom. The fourth-order valence-corrected chi connectivity index (χ4v) is 3.81. The fraction of sp³-hybridized carbons (Fsp3) is 0.190. The number of nitrogens with one attached hydrogen (secondary N) is 1. The molecule has 1 fully saturated rings. The number of hydrazine groups is 1. The van der Waals surface area contributed by atoms with Gasteiger partial charge < -0.3 is 14.6 Å². The first-order valence-corrected chi connectivity index (χ1v) is 10.7. The molecule has 0 aliphatic carbocycles. The lowest BCUT2D eigenvalue weighted by molar-refractivity contribution is -0.137. The third-order valence-corrected chi connectivity index (χ3v) is 5.37. The number of ether oxygens (including phenoxy) is 2. The summed E-state index contributed by atoms with van der Waals surface area (Å²) >= 11 is 6.30. The monoisotopic (exact) mass is 473 g/mol. The van der Waals surface area contributed by atoms with Crippen molar-refractivity contribution in [2.75, 3.05) is 13.2 Å². The van der Waals surface area contributed by atoms with Gasteiger partial charge in [0.05, 0.1) is 30.1 Å². The number of aliphatic carboxylic acids is 1. The Labute approximate surface area is 193 Å². The highest BCUT2D eigenvalue weighted by Gasteiger charge is 2.33. The van der Waals surface area contributed by atoms with Crippen molar-refractivity contribution in [3.05, 3.63) is 58.8 Å². The van der Waals surface area contributed by atoms with Crippen LogP contribution in [0.3, 0.4) is 0 Å². The van der Waals surface area contributed by atoms with E-state index in [-0.39, 0.29) is 17.3 Å². The van der Waals surface area contributed by atoms with E-state index in [1.54, 1.807) is 36.4 Å². The average Bonchev–Trinajstić information content (AvgIpc) is 3.03. The van der Waals surface area contributed by atoms with Crippen LogP contribution in [-0.2, 0) is 9.59 Å². The smallest absolute Gasteiger partial charge is 0.306 e. The Balaban J connectivity index is 1.75. The van der Waals surface area contributed by atoms with Crippen molar-refractivity contribution >= 4 is 52.2 Å². The number of aromatic nitrogens is 1. The molecule has 3 rings (SSSR count). The first kappa shape index (κ1) is 23.2. The van der Waals surface area contributed by atoms with Crippen molar-refractivity contribution in [2.24, 2.45) is 0 Å². The maximum absolute atomic E-state index is 12.8. The third-order valence-electron chi connectivity index (χ3n) is 4.07. The number of carboxylic acid groups (broad SMARTS) is 1. The first-order chi connectivity index (χ1) is 15.4. The number of amides is 2. The fourth-order valence-electron chi connectivity index (χ4n) is 2.63. The first-order valence-electron chi connectivity index (χ1n) is 9.49. The quantitative estimate of drug-likeness (QED) is 0.419. The van der Waals surface area contributed by atoms with Crippen molar-refractivity contribution in [2.45, 2.75) is 13.3 Å². The molecule has 2 aromatic rings. The van der Waals surface area contributed by atoms with E-state index in [1.807, 2.05) is 6.92 Å². The molecule has 1 aromatic heterocycles. The van der Waals surface area contributed by atoms with E-state index in [4.69, 9.17) is 26.8 Å². The molecule has 2 amide bonds. The lowest BCUT2D eigenvalue weighted by atomic mass is 10.2. The van der Waals surface area contributed by atoms with Gasteiger partial charge in [0.25, 0.3) is 11.8 Å². The minimum absolute atomic E-state index is 0.00401. The van der Waals surface area contributed by atoms with E-state index in [0.29, 0.717) is 34.1 Å². The van der Waals surface area contributed by atoms with Gasteiger partial charge in [0, 0.05) is 12.4 Å². The Morgan fingerprint density at radius 3 is 2.78 bits per heavy atom. The molecule has 0 radical (unpaired) electrons. The van der Waals surface area contributed by atoms with Crippen LogP contribution in [0.4, 0.5) is 0 Å². The molecule has 0 unspecified atom stereocenters. The van der Waals surface area contributed by atoms with Crippen LogP contribution in [0.25, 0.3) is 6.08 Å². The van der Waals surface area contributed by atoms with Gasteiger partial charge in [0.15, 0.2) is 15.8 Å². The van der Waals surface area contributed by atoms with Gasteiger partial charge in [-0.3, -0.25) is 24.8 Å². The van der Waals surface area contributed by atoms with Crippen molar-refractivity contribution < 1.29 is 29.0 Å². The van der Waals surface area contributed by atoms with Gasteiger partial charge in [-0.25, -0.2) is 0 Å². The predicted molar refractivity (Wildman–Crippen MR) is 122 cm³/mol. The molecule has 9 nitrogen and oxygen atoms in total. The summed E-state index contributed by atoms with van der Waals surface area (Å²) in [5.74, 6) is -1.10. The van der Waals surface area contributed by atoms with E-state index < -0.39 is 17.8 Å². The number of carbonyl (C=O) groups excluding carboxylic acids is 2. The van der Waals surface area contributed by atoms with Crippen LogP contribution in [-0.4, -0.2) is 50.4 Å². The number of hydrogen-bond acceptors (Lipinski definition) is 8. The second-order valence-corrected chi connectivity index (χ2v) is 8.01. The van der Waals surface area contributed by atoms with Crippen molar-refractivity contribution in [3.63, 3.8) is 0 Å². The molecule has 1 aromatic carbocycles. The maximum atomic E-state index is 12.8. The Kier molecular flexibility index (Phi) is 7.79. The van der Waals surface area contributed by atoms with Gasteiger partial charge in [0.1, 0.15) is 0 Å². The van der Waals surface area contributed by atoms with E-state index in [2.05, 4.69) is 10.4 Å². The number of nitrogens with zero attached hydrogens (tertiary/aromatic N) is 2. The van der Waals surface area contributed by atoms with Gasteiger partial charge in [-0.1, -0.05) is 17.8 Å². The number of rotatable bonds is 9. The average molecular weight is 474 g/mol. The highest BCUT2D eigenvalue weighted by Crippen LogP contribution is 2.34. The molecule has 0 saturated carbocycles. The maximum Gasteiger partial charge on any atom is 0.306 e. The summed E-state index contributed by atoms with van der Waals surface area (Å²) in [5, 5.41) is 9.78. The van der Waals surface area contributed by atoms with Gasteiger partial charge in [-0.05, 0) is 55.0 Å². The van der Waals surface area contributed by atoms with Crippen molar-refractivity contribution in [1.82, 2.24) is 15.4 Å². The van der Waals surface area contributed by atoms with Crippen LogP contribution in [0.2, 0.25) is 0 Å². The third kappa shape index (κ3) is 5.83. The standard InChI is InChI=1S/C21H19N3O6S2/c1-2-29-16-10-13(5-6-15(16)30-9-7-18(25)26)11-17-20(28)24(21(31)32-17)23-19(27)14-4-3-8-22-12-14/h3-6,8,10-12H,2,7,9H2,1H3,(H,23,27)(H,25,26)/b17-11+. The second kappa shape index (κ2) is 10.7. The molecule has 11 heteroatoms. The molecule has 32 heavy (non-hydrogen) atoms. The second-order valence-electron chi connectivity index (χ2n) is 6.33. The number of pyridine rings is 1. The molecular weight excluding hydrogens is 454 g/mol. The minimum Gasteiger partial charge on any atom is -0.490 e. The number of carbonyl (C=O) groups is 3. The van der Waals surface area contributed by atoms with Crippen LogP contribution in [0.15, 0.2) is 47.6 Å². The topological polar surface area (TPSA) is 118 Å². The number of thiocarbonyl (C=S) groups is 1. The zero-order chi connectivity index (χ0) is 23.1. The molecule has 1 aliphatic heterocycles. The van der Waals surface area contributed by atoms with Crippen molar-refractivity contribution in [3.8, 4) is 11.5 Å². The van der Waals surface area contributed by atoms with Gasteiger partial charge in [-0.2, -0.15) is 5.01 Å². The Hall–Kier alpha value is -3.44. The normalized spacial score (nSPS) is 14.5. The summed E-state index contributed by atoms with van der Waals surface area (Å²) in [5.41, 5.74) is 3.44. The van der Waals surface area contributed by atoms with Crippen LogP contribution >= 0.6 is 24.0 Å². The number of benzene rings is 1. The number of thioether (sulfide) groups is 1. The largest absolute Gasteiger partial charge is 0.490 e. The highest BCUT2D eigenvalue weighted by atomic mass is 32.2. The van der Waals surface area contributed by atoms with E-state index in [0.717, 1.165) is 16.8 Å². The molecule has 2 heterocycles. The molecule has 166 valence electrons. The highest BCUT2D eigenvalue weighted by molar-refractivity contribution is 8.26. The summed E-state index contributed by atoms with van der Waals surface area (Å²) in [6.07, 6.45) is 4.41. The zero-order valence-corrected chi connectivity index (χ0v) is 18.6. The summed E-state index contributed by atoms with van der Waals surface area (Å²) < 4.78 is 11.3. The number of hydrogen-bond donors (Lipinski definition) is 2. The SMILES string of the molecule is CCOc1cc(/C=C2/SC(=S)N(NC(=O)c3cccnc3)C2=O)ccc1OCCC(=O)O. The minimum atomic E-state index is -0.961. The lowest BCUT2D eigenvalue weighted by Gasteiger charge is -2.15. The Bertz CT molecular complexity index is 1070. The molecule has 2 N–H and O–H groups in total. The molecule has 1 saturated heterocycles. The summed E-state index contributed by atoms with van der Waals surface area (Å²) in [6.45, 7) is 2.19. The van der Waals surface area contributed by atoms with Crippen LogP contribution in [0, 0.1) is 0 Å². The molecule has 1 aliphatic rings. The molecule has 0 spiro atoms. The van der Waals surface area contributed by atoms with Crippen LogP contribution in [0.5, 0.6) is 11.5 Å². The van der Waals surface area contributed by atoms with Gasteiger partial charge in [-0.15, -0.1) is 0 Å². The van der Waals surface area contributed by atoms with Gasteiger partial charge >= 0.3 is 5.97 Å². The zero-order valence-electron chi connectivity index (χ0n) is 16.9. The molecular formula is C21H19N3O6S2.